The number of carbonyl (C=O) groups excluding carboxylic acids is 2. The fraction of sp³-hybridized carbons (Fsp3) is 0.355. The van der Waals surface area contributed by atoms with Crippen LogP contribution in [-0.2, 0) is 32.6 Å². The summed E-state index contributed by atoms with van der Waals surface area (Å²) in [6.45, 7) is 7.52. The summed E-state index contributed by atoms with van der Waals surface area (Å²) in [5.41, 5.74) is 2.30. The molecule has 7 nitrogen and oxygen atoms in total. The third-order valence-corrected chi connectivity index (χ3v) is 8.61. The van der Waals surface area contributed by atoms with E-state index in [0.717, 1.165) is 28.3 Å². The van der Waals surface area contributed by atoms with E-state index >= 15 is 0 Å². The predicted molar refractivity (Wildman–Crippen MR) is 156 cm³/mol. The lowest BCUT2D eigenvalue weighted by Gasteiger charge is -2.33. The molecular formula is C31H39N3O4S. The minimum absolute atomic E-state index is 0.0488. The van der Waals surface area contributed by atoms with Crippen LogP contribution >= 0.6 is 0 Å². The third kappa shape index (κ3) is 7.69. The van der Waals surface area contributed by atoms with Gasteiger partial charge < -0.3 is 10.2 Å². The summed E-state index contributed by atoms with van der Waals surface area (Å²) < 4.78 is 28.8. The molecule has 1 N–H and O–H groups in total. The second-order valence-corrected chi connectivity index (χ2v) is 11.5. The van der Waals surface area contributed by atoms with E-state index in [9.17, 15) is 18.0 Å². The molecule has 0 saturated heterocycles. The van der Waals surface area contributed by atoms with Crippen LogP contribution in [0.4, 0.5) is 5.69 Å². The van der Waals surface area contributed by atoms with Crippen LogP contribution in [0, 0.1) is 0 Å². The Hall–Kier alpha value is -3.65. The number of anilines is 1. The molecule has 208 valence electrons. The van der Waals surface area contributed by atoms with Gasteiger partial charge in [-0.1, -0.05) is 81.4 Å². The number of nitrogens with zero attached hydrogens (tertiary/aromatic N) is 2. The second kappa shape index (κ2) is 13.9. The zero-order chi connectivity index (χ0) is 28.4. The molecule has 0 aliphatic heterocycles. The Morgan fingerprint density at radius 2 is 1.38 bits per heavy atom. The Morgan fingerprint density at radius 1 is 0.795 bits per heavy atom. The molecule has 2 unspecified atom stereocenters. The lowest BCUT2D eigenvalue weighted by Crippen LogP contribution is -2.53. The van der Waals surface area contributed by atoms with Gasteiger partial charge in [0.2, 0.25) is 11.8 Å². The Labute approximate surface area is 232 Å². The highest BCUT2D eigenvalue weighted by Gasteiger charge is 2.33. The summed E-state index contributed by atoms with van der Waals surface area (Å²) in [7, 11) is -4.07. The van der Waals surface area contributed by atoms with E-state index in [1.807, 2.05) is 70.2 Å². The molecule has 0 aliphatic carbocycles. The van der Waals surface area contributed by atoms with Crippen molar-refractivity contribution in [3.8, 4) is 0 Å². The van der Waals surface area contributed by atoms with Crippen LogP contribution in [-0.4, -0.2) is 43.8 Å². The van der Waals surface area contributed by atoms with Gasteiger partial charge in [0.05, 0.1) is 10.6 Å². The lowest BCUT2D eigenvalue weighted by atomic mass is 10.1. The first-order valence-electron chi connectivity index (χ1n) is 13.5. The Morgan fingerprint density at radius 3 is 1.92 bits per heavy atom. The van der Waals surface area contributed by atoms with Crippen molar-refractivity contribution in [3.05, 3.63) is 96.1 Å². The SMILES string of the molecule is CCc1ccc(N(CC(=O)N(Cc2ccccc2)C(CC)C(=O)NC(C)CC)S(=O)(=O)c2ccccc2)cc1. The molecule has 0 aromatic heterocycles. The summed E-state index contributed by atoms with van der Waals surface area (Å²) in [5.74, 6) is -0.704. The number of hydrogen-bond donors (Lipinski definition) is 1. The van der Waals surface area contributed by atoms with Crippen LogP contribution in [0.1, 0.15) is 51.7 Å². The molecule has 3 rings (SSSR count). The Balaban J connectivity index is 2.03. The molecule has 3 aromatic carbocycles. The normalized spacial score (nSPS) is 12.8. The van der Waals surface area contributed by atoms with Crippen molar-refractivity contribution in [3.63, 3.8) is 0 Å². The van der Waals surface area contributed by atoms with E-state index in [0.29, 0.717) is 12.1 Å². The number of hydrogen-bond acceptors (Lipinski definition) is 4. The van der Waals surface area contributed by atoms with Gasteiger partial charge in [0.15, 0.2) is 0 Å². The molecule has 0 saturated carbocycles. The maximum Gasteiger partial charge on any atom is 0.264 e. The Kier molecular flexibility index (Phi) is 10.7. The average molecular weight is 550 g/mol. The summed E-state index contributed by atoms with van der Waals surface area (Å²) in [6.07, 6.45) is 1.95. The van der Waals surface area contributed by atoms with E-state index in [1.54, 1.807) is 30.3 Å². The van der Waals surface area contributed by atoms with Gasteiger partial charge >= 0.3 is 0 Å². The van der Waals surface area contributed by atoms with Gasteiger partial charge in [0, 0.05) is 12.6 Å². The van der Waals surface area contributed by atoms with E-state index in [-0.39, 0.29) is 23.4 Å². The molecule has 2 amide bonds. The molecule has 0 radical (unpaired) electrons. The van der Waals surface area contributed by atoms with Crippen LogP contribution in [0.3, 0.4) is 0 Å². The minimum Gasteiger partial charge on any atom is -0.352 e. The number of benzene rings is 3. The molecule has 0 fully saturated rings. The van der Waals surface area contributed by atoms with Crippen molar-refractivity contribution in [1.82, 2.24) is 10.2 Å². The van der Waals surface area contributed by atoms with Gasteiger partial charge in [0.1, 0.15) is 12.6 Å². The van der Waals surface area contributed by atoms with Crippen LogP contribution in [0.15, 0.2) is 89.8 Å². The second-order valence-electron chi connectivity index (χ2n) is 9.59. The third-order valence-electron chi connectivity index (χ3n) is 6.83. The van der Waals surface area contributed by atoms with Gasteiger partial charge in [-0.25, -0.2) is 8.42 Å². The largest absolute Gasteiger partial charge is 0.352 e. The quantitative estimate of drug-likeness (QED) is 0.319. The standard InChI is InChI=1S/C31H39N3O4S/c1-5-24(4)32-31(36)29(7-3)33(22-26-14-10-8-11-15-26)30(35)23-34(27-20-18-25(6-2)19-21-27)39(37,38)28-16-12-9-13-17-28/h8-21,24,29H,5-7,22-23H2,1-4H3,(H,32,36). The molecule has 0 heterocycles. The molecule has 39 heavy (non-hydrogen) atoms. The predicted octanol–water partition coefficient (Wildman–Crippen LogP) is 5.17. The van der Waals surface area contributed by atoms with E-state index in [2.05, 4.69) is 5.32 Å². The highest BCUT2D eigenvalue weighted by atomic mass is 32.2. The van der Waals surface area contributed by atoms with Crippen molar-refractivity contribution in [1.29, 1.82) is 0 Å². The van der Waals surface area contributed by atoms with Gasteiger partial charge in [-0.3, -0.25) is 13.9 Å². The molecule has 0 aliphatic rings. The summed E-state index contributed by atoms with van der Waals surface area (Å²) in [5, 5.41) is 2.99. The number of amides is 2. The molecule has 0 spiro atoms. The molecule has 3 aromatic rings. The van der Waals surface area contributed by atoms with Gasteiger partial charge in [-0.05, 0) is 61.6 Å². The first-order chi connectivity index (χ1) is 18.7. The monoisotopic (exact) mass is 549 g/mol. The van der Waals surface area contributed by atoms with Crippen LogP contribution in [0.2, 0.25) is 0 Å². The number of aryl methyl sites for hydroxylation is 1. The maximum absolute atomic E-state index is 14.0. The first kappa shape index (κ1) is 29.9. The van der Waals surface area contributed by atoms with Crippen LogP contribution in [0.25, 0.3) is 0 Å². The number of sulfonamides is 1. The zero-order valence-electron chi connectivity index (χ0n) is 23.2. The molecular weight excluding hydrogens is 510 g/mol. The topological polar surface area (TPSA) is 86.8 Å². The highest BCUT2D eigenvalue weighted by molar-refractivity contribution is 7.92. The van der Waals surface area contributed by atoms with Gasteiger partial charge in [-0.15, -0.1) is 0 Å². The maximum atomic E-state index is 14.0. The van der Waals surface area contributed by atoms with Crippen molar-refractivity contribution in [2.24, 2.45) is 0 Å². The van der Waals surface area contributed by atoms with E-state index < -0.39 is 28.5 Å². The fourth-order valence-corrected chi connectivity index (χ4v) is 5.72. The number of carbonyl (C=O) groups is 2. The zero-order valence-corrected chi connectivity index (χ0v) is 24.0. The fourth-order valence-electron chi connectivity index (χ4n) is 4.29. The van der Waals surface area contributed by atoms with Crippen molar-refractivity contribution < 1.29 is 18.0 Å². The minimum atomic E-state index is -4.07. The van der Waals surface area contributed by atoms with E-state index in [4.69, 9.17) is 0 Å². The highest BCUT2D eigenvalue weighted by Crippen LogP contribution is 2.25. The molecule has 2 atom stereocenters. The van der Waals surface area contributed by atoms with E-state index in [1.165, 1.54) is 17.0 Å². The van der Waals surface area contributed by atoms with Gasteiger partial charge in [0.25, 0.3) is 10.0 Å². The summed E-state index contributed by atoms with van der Waals surface area (Å²) >= 11 is 0. The van der Waals surface area contributed by atoms with Crippen molar-refractivity contribution in [2.75, 3.05) is 10.8 Å². The van der Waals surface area contributed by atoms with Crippen molar-refractivity contribution >= 4 is 27.5 Å². The molecule has 0 bridgehead atoms. The Bertz CT molecular complexity index is 1310. The van der Waals surface area contributed by atoms with Crippen LogP contribution < -0.4 is 9.62 Å². The smallest absolute Gasteiger partial charge is 0.264 e. The molecule has 8 heteroatoms. The summed E-state index contributed by atoms with van der Waals surface area (Å²) in [4.78, 5) is 28.9. The van der Waals surface area contributed by atoms with Crippen molar-refractivity contribution in [2.45, 2.75) is 70.5 Å². The summed E-state index contributed by atoms with van der Waals surface area (Å²) in [6, 6.07) is 23.9. The lowest BCUT2D eigenvalue weighted by molar-refractivity contribution is -0.140. The number of nitrogens with one attached hydrogen (secondary N) is 1. The average Bonchev–Trinajstić information content (AvgIpc) is 2.96. The number of rotatable bonds is 13. The van der Waals surface area contributed by atoms with Crippen LogP contribution in [0.5, 0.6) is 0 Å². The first-order valence-corrected chi connectivity index (χ1v) is 15.0. The van der Waals surface area contributed by atoms with Gasteiger partial charge in [-0.2, -0.15) is 0 Å².